The normalized spacial score (nSPS) is 10.9. The number of anilines is 1. The van der Waals surface area contributed by atoms with Crippen molar-refractivity contribution in [3.63, 3.8) is 0 Å². The maximum atomic E-state index is 13.4. The van der Waals surface area contributed by atoms with Gasteiger partial charge in [-0.05, 0) is 58.1 Å². The zero-order valence-electron chi connectivity index (χ0n) is 10.4. The van der Waals surface area contributed by atoms with Gasteiger partial charge in [-0.1, -0.05) is 0 Å². The van der Waals surface area contributed by atoms with Gasteiger partial charge < -0.3 is 5.32 Å². The van der Waals surface area contributed by atoms with E-state index < -0.39 is 0 Å². The summed E-state index contributed by atoms with van der Waals surface area (Å²) in [5.74, 6) is -0.503. The Morgan fingerprint density at radius 3 is 2.85 bits per heavy atom. The Balaban J connectivity index is 1.89. The first kappa shape index (κ1) is 13.7. The third kappa shape index (κ3) is 2.51. The Kier molecular flexibility index (Phi) is 3.62. The molecule has 1 N–H and O–H groups in total. The van der Waals surface area contributed by atoms with E-state index in [2.05, 4.69) is 21.2 Å². The van der Waals surface area contributed by atoms with Crippen LogP contribution in [0.1, 0.15) is 15.2 Å². The summed E-state index contributed by atoms with van der Waals surface area (Å²) in [6.07, 6.45) is 0. The van der Waals surface area contributed by atoms with Crippen molar-refractivity contribution in [2.75, 3.05) is 5.32 Å². The van der Waals surface area contributed by atoms with E-state index in [-0.39, 0.29) is 11.7 Å². The molecule has 1 aromatic carbocycles. The van der Waals surface area contributed by atoms with Gasteiger partial charge in [0.05, 0.1) is 9.35 Å². The molecule has 0 fully saturated rings. The van der Waals surface area contributed by atoms with Crippen LogP contribution in [0.4, 0.5) is 10.1 Å². The fourth-order valence-electron chi connectivity index (χ4n) is 1.84. The Labute approximate surface area is 131 Å². The topological polar surface area (TPSA) is 29.1 Å². The third-order valence-electron chi connectivity index (χ3n) is 2.88. The molecule has 0 atom stereocenters. The maximum Gasteiger partial charge on any atom is 0.265 e. The predicted octanol–water partition coefficient (Wildman–Crippen LogP) is 5.43. The van der Waals surface area contributed by atoms with Gasteiger partial charge >= 0.3 is 0 Å². The number of rotatable bonds is 2. The second kappa shape index (κ2) is 5.27. The molecule has 6 heteroatoms. The number of amides is 1. The fraction of sp³-hybridized carbons (Fsp3) is 0.0714. The summed E-state index contributed by atoms with van der Waals surface area (Å²) in [6, 6.07) is 6.86. The quantitative estimate of drug-likeness (QED) is 0.641. The van der Waals surface area contributed by atoms with E-state index in [1.807, 2.05) is 17.5 Å². The lowest BCUT2D eigenvalue weighted by Gasteiger charge is -2.08. The standard InChI is InChI=1S/C14H9BrFNOS2/c1-7-4-9(16)8(15)5-10(7)17-14(18)13-6-12-11(20-13)2-3-19-12/h2-6H,1H3,(H,17,18). The highest BCUT2D eigenvalue weighted by molar-refractivity contribution is 9.10. The monoisotopic (exact) mass is 369 g/mol. The minimum Gasteiger partial charge on any atom is -0.321 e. The van der Waals surface area contributed by atoms with Crippen LogP contribution in [0, 0.1) is 12.7 Å². The van der Waals surface area contributed by atoms with Gasteiger partial charge in [-0.15, -0.1) is 22.7 Å². The zero-order valence-corrected chi connectivity index (χ0v) is 13.6. The first-order valence-corrected chi connectivity index (χ1v) is 8.27. The Morgan fingerprint density at radius 2 is 2.10 bits per heavy atom. The van der Waals surface area contributed by atoms with Crippen molar-refractivity contribution in [2.45, 2.75) is 6.92 Å². The molecule has 3 rings (SSSR count). The molecule has 2 heterocycles. The van der Waals surface area contributed by atoms with E-state index in [0.29, 0.717) is 20.6 Å². The van der Waals surface area contributed by atoms with Crippen LogP contribution in [0.3, 0.4) is 0 Å². The molecule has 1 amide bonds. The molecule has 0 aliphatic carbocycles. The van der Waals surface area contributed by atoms with Crippen LogP contribution in [0.15, 0.2) is 34.1 Å². The number of benzene rings is 1. The van der Waals surface area contributed by atoms with Crippen molar-refractivity contribution >= 4 is 59.6 Å². The molecule has 0 saturated heterocycles. The molecule has 3 aromatic rings. The summed E-state index contributed by atoms with van der Waals surface area (Å²) in [5, 5.41) is 4.83. The van der Waals surface area contributed by atoms with Crippen LogP contribution in [0.25, 0.3) is 9.40 Å². The van der Waals surface area contributed by atoms with Gasteiger partial charge in [0.25, 0.3) is 5.91 Å². The highest BCUT2D eigenvalue weighted by Crippen LogP contribution is 2.31. The molecule has 0 aliphatic rings. The van der Waals surface area contributed by atoms with Gasteiger partial charge in [0.2, 0.25) is 0 Å². The van der Waals surface area contributed by atoms with Crippen molar-refractivity contribution in [1.82, 2.24) is 0 Å². The minimum absolute atomic E-state index is 0.167. The molecular weight excluding hydrogens is 361 g/mol. The van der Waals surface area contributed by atoms with Gasteiger partial charge in [0, 0.05) is 15.1 Å². The number of hydrogen-bond donors (Lipinski definition) is 1. The first-order valence-electron chi connectivity index (χ1n) is 5.78. The van der Waals surface area contributed by atoms with Crippen LogP contribution in [-0.2, 0) is 0 Å². The number of fused-ring (bicyclic) bond motifs is 1. The van der Waals surface area contributed by atoms with E-state index in [4.69, 9.17) is 0 Å². The van der Waals surface area contributed by atoms with Gasteiger partial charge in [0.1, 0.15) is 5.82 Å². The molecule has 0 radical (unpaired) electrons. The second-order valence-corrected chi connectivity index (χ2v) is 7.18. The first-order chi connectivity index (χ1) is 9.54. The van der Waals surface area contributed by atoms with Crippen molar-refractivity contribution < 1.29 is 9.18 Å². The lowest BCUT2D eigenvalue weighted by molar-refractivity contribution is 0.103. The number of hydrogen-bond acceptors (Lipinski definition) is 3. The summed E-state index contributed by atoms with van der Waals surface area (Å²) >= 11 is 6.20. The second-order valence-electron chi connectivity index (χ2n) is 4.30. The third-order valence-corrected chi connectivity index (χ3v) is 5.58. The van der Waals surface area contributed by atoms with Crippen LogP contribution in [0.2, 0.25) is 0 Å². The molecule has 20 heavy (non-hydrogen) atoms. The summed E-state index contributed by atoms with van der Waals surface area (Å²) in [5.41, 5.74) is 1.30. The van der Waals surface area contributed by atoms with Crippen molar-refractivity contribution in [3.05, 3.63) is 50.4 Å². The smallest absolute Gasteiger partial charge is 0.265 e. The predicted molar refractivity (Wildman–Crippen MR) is 86.5 cm³/mol. The zero-order chi connectivity index (χ0) is 14.3. The highest BCUT2D eigenvalue weighted by Gasteiger charge is 2.13. The maximum absolute atomic E-state index is 13.4. The van der Waals surface area contributed by atoms with Crippen LogP contribution in [-0.4, -0.2) is 5.91 Å². The molecular formula is C14H9BrFNOS2. The van der Waals surface area contributed by atoms with Gasteiger partial charge in [-0.25, -0.2) is 4.39 Å². The average Bonchev–Trinajstić information content (AvgIpc) is 2.96. The summed E-state index contributed by atoms with van der Waals surface area (Å²) in [6.45, 7) is 1.76. The Bertz CT molecular complexity index is 780. The summed E-state index contributed by atoms with van der Waals surface area (Å²) < 4.78 is 15.9. The van der Waals surface area contributed by atoms with E-state index in [0.717, 1.165) is 9.40 Å². The molecule has 102 valence electrons. The SMILES string of the molecule is Cc1cc(F)c(Br)cc1NC(=O)c1cc2sccc2s1. The Hall–Kier alpha value is -1.24. The molecule has 0 saturated carbocycles. The molecule has 2 nitrogen and oxygen atoms in total. The number of carbonyl (C=O) groups excluding carboxylic acids is 1. The highest BCUT2D eigenvalue weighted by atomic mass is 79.9. The summed E-state index contributed by atoms with van der Waals surface area (Å²) in [4.78, 5) is 12.9. The van der Waals surface area contributed by atoms with Crippen LogP contribution >= 0.6 is 38.6 Å². The average molecular weight is 370 g/mol. The van der Waals surface area contributed by atoms with E-state index in [1.54, 1.807) is 24.3 Å². The summed E-state index contributed by atoms with van der Waals surface area (Å²) in [7, 11) is 0. The number of nitrogens with one attached hydrogen (secondary N) is 1. The molecule has 0 spiro atoms. The van der Waals surface area contributed by atoms with Crippen molar-refractivity contribution in [1.29, 1.82) is 0 Å². The number of aryl methyl sites for hydroxylation is 1. The largest absolute Gasteiger partial charge is 0.321 e. The van der Waals surface area contributed by atoms with Gasteiger partial charge in [-0.2, -0.15) is 0 Å². The number of thiophene rings is 2. The fourth-order valence-corrected chi connectivity index (χ4v) is 4.19. The molecule has 0 unspecified atom stereocenters. The lowest BCUT2D eigenvalue weighted by Crippen LogP contribution is -2.11. The van der Waals surface area contributed by atoms with Crippen molar-refractivity contribution in [3.8, 4) is 0 Å². The van der Waals surface area contributed by atoms with E-state index in [1.165, 1.54) is 17.4 Å². The molecule has 0 bridgehead atoms. The van der Waals surface area contributed by atoms with E-state index >= 15 is 0 Å². The lowest BCUT2D eigenvalue weighted by atomic mass is 10.2. The van der Waals surface area contributed by atoms with Crippen LogP contribution in [0.5, 0.6) is 0 Å². The minimum atomic E-state index is -0.336. The molecule has 2 aromatic heterocycles. The van der Waals surface area contributed by atoms with E-state index in [9.17, 15) is 9.18 Å². The Morgan fingerprint density at radius 1 is 1.30 bits per heavy atom. The van der Waals surface area contributed by atoms with Gasteiger partial charge in [-0.3, -0.25) is 4.79 Å². The van der Waals surface area contributed by atoms with Crippen molar-refractivity contribution in [2.24, 2.45) is 0 Å². The number of carbonyl (C=O) groups is 1. The van der Waals surface area contributed by atoms with Crippen LogP contribution < -0.4 is 5.32 Å². The molecule has 0 aliphatic heterocycles. The number of halogens is 2. The van der Waals surface area contributed by atoms with Gasteiger partial charge in [0.15, 0.2) is 0 Å².